The third-order valence-corrected chi connectivity index (χ3v) is 2.23. The van der Waals surface area contributed by atoms with Gasteiger partial charge in [0.25, 0.3) is 0 Å². The minimum atomic E-state index is -0.433. The van der Waals surface area contributed by atoms with Crippen molar-refractivity contribution < 1.29 is 19.0 Å². The lowest BCUT2D eigenvalue weighted by atomic mass is 10.1. The third-order valence-electron chi connectivity index (χ3n) is 2.23. The molecule has 0 bridgehead atoms. The molecular formula is C11H13NO4. The lowest BCUT2D eigenvalue weighted by Crippen LogP contribution is -2.09. The molecule has 1 aromatic carbocycles. The number of nitrogens with two attached hydrogens (primary N) is 1. The monoisotopic (exact) mass is 223 g/mol. The highest BCUT2D eigenvalue weighted by atomic mass is 16.7. The molecule has 1 aromatic rings. The molecule has 0 saturated carbocycles. The summed E-state index contributed by atoms with van der Waals surface area (Å²) in [6.07, 6.45) is 0.774. The van der Waals surface area contributed by atoms with E-state index in [-0.39, 0.29) is 12.5 Å². The highest BCUT2D eigenvalue weighted by Crippen LogP contribution is 2.39. The summed E-state index contributed by atoms with van der Waals surface area (Å²) in [7, 11) is 0. The molecule has 16 heavy (non-hydrogen) atoms. The maximum Gasteiger partial charge on any atom is 0.340 e. The molecule has 2 N–H and O–H groups in total. The van der Waals surface area contributed by atoms with Gasteiger partial charge in [0.15, 0.2) is 11.5 Å². The Bertz CT molecular complexity index is 417. The van der Waals surface area contributed by atoms with Crippen LogP contribution in [0.15, 0.2) is 12.1 Å². The van der Waals surface area contributed by atoms with E-state index in [9.17, 15) is 4.79 Å². The number of nitrogen functional groups attached to an aromatic ring is 1. The van der Waals surface area contributed by atoms with E-state index < -0.39 is 5.97 Å². The van der Waals surface area contributed by atoms with E-state index in [2.05, 4.69) is 0 Å². The summed E-state index contributed by atoms with van der Waals surface area (Å²) in [4.78, 5) is 11.6. The quantitative estimate of drug-likeness (QED) is 0.622. The van der Waals surface area contributed by atoms with Gasteiger partial charge in [-0.1, -0.05) is 6.92 Å². The zero-order valence-electron chi connectivity index (χ0n) is 8.99. The van der Waals surface area contributed by atoms with Crippen LogP contribution in [0.4, 0.5) is 5.69 Å². The first-order chi connectivity index (χ1) is 7.74. The van der Waals surface area contributed by atoms with Crippen molar-refractivity contribution >= 4 is 11.7 Å². The van der Waals surface area contributed by atoms with Crippen LogP contribution < -0.4 is 15.2 Å². The van der Waals surface area contributed by atoms with Crippen LogP contribution in [-0.2, 0) is 4.74 Å². The molecule has 0 aromatic heterocycles. The van der Waals surface area contributed by atoms with Crippen molar-refractivity contribution in [3.8, 4) is 11.5 Å². The first-order valence-corrected chi connectivity index (χ1v) is 5.09. The predicted octanol–water partition coefficient (Wildman–Crippen LogP) is 1.56. The van der Waals surface area contributed by atoms with Gasteiger partial charge in [0, 0.05) is 0 Å². The lowest BCUT2D eigenvalue weighted by Gasteiger charge is -2.07. The Hall–Kier alpha value is -1.91. The number of carbonyl (C=O) groups excluding carboxylic acids is 1. The molecule has 5 nitrogen and oxygen atoms in total. The van der Waals surface area contributed by atoms with Gasteiger partial charge in [0.2, 0.25) is 6.79 Å². The van der Waals surface area contributed by atoms with Gasteiger partial charge >= 0.3 is 5.97 Å². The average molecular weight is 223 g/mol. The summed E-state index contributed by atoms with van der Waals surface area (Å²) < 4.78 is 15.3. The number of esters is 1. The minimum absolute atomic E-state index is 0.132. The molecule has 1 aliphatic heterocycles. The Labute approximate surface area is 93.1 Å². The van der Waals surface area contributed by atoms with Gasteiger partial charge in [0.1, 0.15) is 0 Å². The van der Waals surface area contributed by atoms with Crippen molar-refractivity contribution in [1.29, 1.82) is 0 Å². The Morgan fingerprint density at radius 1 is 1.50 bits per heavy atom. The summed E-state index contributed by atoms with van der Waals surface area (Å²) in [5.41, 5.74) is 6.39. The largest absolute Gasteiger partial charge is 0.462 e. The van der Waals surface area contributed by atoms with Crippen molar-refractivity contribution in [2.45, 2.75) is 13.3 Å². The molecule has 0 fully saturated rings. The van der Waals surface area contributed by atoms with Crippen LogP contribution in [0, 0.1) is 0 Å². The van der Waals surface area contributed by atoms with Gasteiger partial charge in [-0.2, -0.15) is 0 Å². The molecule has 1 heterocycles. The van der Waals surface area contributed by atoms with Gasteiger partial charge in [0.05, 0.1) is 17.9 Å². The van der Waals surface area contributed by atoms with E-state index in [4.69, 9.17) is 19.9 Å². The number of fused-ring (bicyclic) bond motifs is 1. The first kappa shape index (κ1) is 10.6. The van der Waals surface area contributed by atoms with Crippen LogP contribution in [0.5, 0.6) is 11.5 Å². The van der Waals surface area contributed by atoms with Gasteiger partial charge < -0.3 is 19.9 Å². The third kappa shape index (κ3) is 1.76. The van der Waals surface area contributed by atoms with Crippen LogP contribution in [0.1, 0.15) is 23.7 Å². The van der Waals surface area contributed by atoms with Crippen LogP contribution >= 0.6 is 0 Å². The van der Waals surface area contributed by atoms with Crippen molar-refractivity contribution in [2.24, 2.45) is 0 Å². The van der Waals surface area contributed by atoms with Crippen LogP contribution in [-0.4, -0.2) is 19.4 Å². The molecule has 0 atom stereocenters. The predicted molar refractivity (Wildman–Crippen MR) is 57.6 cm³/mol. The second-order valence-electron chi connectivity index (χ2n) is 3.40. The van der Waals surface area contributed by atoms with E-state index in [0.717, 1.165) is 6.42 Å². The van der Waals surface area contributed by atoms with Crippen LogP contribution in [0.2, 0.25) is 0 Å². The van der Waals surface area contributed by atoms with E-state index >= 15 is 0 Å². The van der Waals surface area contributed by atoms with Gasteiger partial charge in [-0.05, 0) is 18.6 Å². The normalized spacial score (nSPS) is 12.6. The fraction of sp³-hybridized carbons (Fsp3) is 0.364. The van der Waals surface area contributed by atoms with E-state index in [1.807, 2.05) is 6.92 Å². The molecule has 0 amide bonds. The second-order valence-corrected chi connectivity index (χ2v) is 3.40. The average Bonchev–Trinajstić information content (AvgIpc) is 2.75. The molecule has 86 valence electrons. The fourth-order valence-corrected chi connectivity index (χ4v) is 1.44. The number of rotatable bonds is 3. The topological polar surface area (TPSA) is 70.8 Å². The van der Waals surface area contributed by atoms with E-state index in [1.165, 1.54) is 0 Å². The number of anilines is 1. The second kappa shape index (κ2) is 4.30. The van der Waals surface area contributed by atoms with Gasteiger partial charge in [-0.15, -0.1) is 0 Å². The maximum absolute atomic E-state index is 11.6. The summed E-state index contributed by atoms with van der Waals surface area (Å²) in [5, 5.41) is 0. The maximum atomic E-state index is 11.6. The molecule has 5 heteroatoms. The van der Waals surface area contributed by atoms with Gasteiger partial charge in [-0.25, -0.2) is 4.79 Å². The Kier molecular flexibility index (Phi) is 2.85. The zero-order valence-corrected chi connectivity index (χ0v) is 8.99. The zero-order chi connectivity index (χ0) is 11.5. The van der Waals surface area contributed by atoms with Gasteiger partial charge in [-0.3, -0.25) is 0 Å². The highest BCUT2D eigenvalue weighted by Gasteiger charge is 2.22. The van der Waals surface area contributed by atoms with Crippen LogP contribution in [0.3, 0.4) is 0 Å². The van der Waals surface area contributed by atoms with E-state index in [1.54, 1.807) is 12.1 Å². The number of hydrogen-bond acceptors (Lipinski definition) is 5. The summed E-state index contributed by atoms with van der Waals surface area (Å²) in [6.45, 7) is 2.44. The summed E-state index contributed by atoms with van der Waals surface area (Å²) in [6, 6.07) is 3.24. The molecule has 0 radical (unpaired) electrons. The minimum Gasteiger partial charge on any atom is -0.462 e. The van der Waals surface area contributed by atoms with E-state index in [0.29, 0.717) is 23.7 Å². The fourth-order valence-electron chi connectivity index (χ4n) is 1.44. The molecular weight excluding hydrogens is 210 g/mol. The van der Waals surface area contributed by atoms with Crippen molar-refractivity contribution in [3.63, 3.8) is 0 Å². The number of carbonyl (C=O) groups is 1. The Morgan fingerprint density at radius 2 is 2.31 bits per heavy atom. The van der Waals surface area contributed by atoms with Crippen molar-refractivity contribution in [3.05, 3.63) is 17.7 Å². The molecule has 0 spiro atoms. The molecule has 1 aliphatic rings. The smallest absolute Gasteiger partial charge is 0.340 e. The molecule has 2 rings (SSSR count). The SMILES string of the molecule is CCCOC(=O)c1ccc2c(c1N)OCO2. The number of hydrogen-bond donors (Lipinski definition) is 1. The number of ether oxygens (including phenoxy) is 3. The standard InChI is InChI=1S/C11H13NO4/c1-2-5-14-11(13)7-3-4-8-10(9(7)12)16-6-15-8/h3-4H,2,5-6,12H2,1H3. The Balaban J connectivity index is 2.25. The highest BCUT2D eigenvalue weighted by molar-refractivity contribution is 5.97. The molecule has 0 unspecified atom stereocenters. The van der Waals surface area contributed by atoms with Crippen molar-refractivity contribution in [2.75, 3.05) is 19.1 Å². The lowest BCUT2D eigenvalue weighted by molar-refractivity contribution is 0.0506. The number of benzene rings is 1. The van der Waals surface area contributed by atoms with Crippen LogP contribution in [0.25, 0.3) is 0 Å². The molecule has 0 saturated heterocycles. The summed E-state index contributed by atoms with van der Waals surface area (Å²) >= 11 is 0. The summed E-state index contributed by atoms with van der Waals surface area (Å²) in [5.74, 6) is 0.549. The first-order valence-electron chi connectivity index (χ1n) is 5.09. The molecule has 0 aliphatic carbocycles. The van der Waals surface area contributed by atoms with Crippen molar-refractivity contribution in [1.82, 2.24) is 0 Å². The Morgan fingerprint density at radius 3 is 3.06 bits per heavy atom.